The normalized spacial score (nSPS) is 13.3. The Morgan fingerprint density at radius 1 is 0.775 bits per heavy atom. The number of benzene rings is 3. The second-order valence-corrected chi connectivity index (χ2v) is 9.31. The van der Waals surface area contributed by atoms with Crippen LogP contribution in [-0.2, 0) is 6.54 Å². The van der Waals surface area contributed by atoms with Crippen molar-refractivity contribution >= 4 is 17.4 Å². The summed E-state index contributed by atoms with van der Waals surface area (Å²) in [4.78, 5) is 0.848. The highest BCUT2D eigenvalue weighted by Gasteiger charge is 2.44. The van der Waals surface area contributed by atoms with Gasteiger partial charge in [0.15, 0.2) is 6.10 Å². The molecule has 15 heteroatoms. The molecule has 4 nitrogen and oxygen atoms in total. The zero-order valence-electron chi connectivity index (χ0n) is 19.9. The van der Waals surface area contributed by atoms with Gasteiger partial charge in [-0.25, -0.2) is 0 Å². The highest BCUT2D eigenvalue weighted by atomic mass is 32.2. The molecule has 0 fully saturated rings. The Bertz CT molecular complexity index is 1270. The molecule has 218 valence electrons. The number of aliphatic hydroxyl groups excluding tert-OH is 1. The van der Waals surface area contributed by atoms with Crippen LogP contribution in [0.3, 0.4) is 0 Å². The molecule has 0 radical (unpaired) electrons. The second-order valence-electron chi connectivity index (χ2n) is 8.17. The average Bonchev–Trinajstić information content (AvgIpc) is 2.82. The fraction of sp³-hybridized carbons (Fsp3) is 0.280. The maximum absolute atomic E-state index is 13.3. The second kappa shape index (κ2) is 12.5. The fourth-order valence-corrected chi connectivity index (χ4v) is 3.91. The molecule has 3 rings (SSSR count). The zero-order chi connectivity index (χ0) is 29.7. The number of thioether (sulfide) groups is 1. The summed E-state index contributed by atoms with van der Waals surface area (Å²) < 4.78 is 139. The Hall–Kier alpha value is -3.33. The molecule has 0 spiro atoms. The van der Waals surface area contributed by atoms with Crippen LogP contribution in [-0.4, -0.2) is 42.0 Å². The Kier molecular flexibility index (Phi) is 9.72. The first-order chi connectivity index (χ1) is 18.5. The number of alkyl halides is 10. The van der Waals surface area contributed by atoms with Gasteiger partial charge in [0.1, 0.15) is 17.2 Å². The monoisotopic (exact) mass is 603 g/mol. The Balaban J connectivity index is 1.88. The van der Waals surface area contributed by atoms with Crippen molar-refractivity contribution in [2.75, 3.05) is 11.4 Å². The van der Waals surface area contributed by atoms with Gasteiger partial charge >= 0.3 is 24.2 Å². The van der Waals surface area contributed by atoms with Crippen molar-refractivity contribution in [1.29, 1.82) is 0 Å². The lowest BCUT2D eigenvalue weighted by Gasteiger charge is -2.29. The van der Waals surface area contributed by atoms with Crippen LogP contribution >= 0.6 is 11.8 Å². The summed E-state index contributed by atoms with van der Waals surface area (Å²) in [7, 11) is 0. The molecular formula is C25H19F10NO3S. The molecule has 1 atom stereocenters. The van der Waals surface area contributed by atoms with Crippen molar-refractivity contribution in [3.8, 4) is 17.2 Å². The molecule has 0 heterocycles. The van der Waals surface area contributed by atoms with E-state index < -0.39 is 49.2 Å². The lowest BCUT2D eigenvalue weighted by molar-refractivity contribution is -0.253. The standard InChI is InChI=1S/C25H19F10NO3S/c26-22(27)24(31,32)39-19-8-1-4-15(10-19)13-36(14-21(37)23(28,29)30)16-5-2-6-17(11-16)38-18-7-3-9-20(12-18)40-25(33,34)35/h1-12,21-22,37H,13-14H2/t21-/m1/s1. The third-order valence-corrected chi connectivity index (χ3v) is 5.73. The van der Waals surface area contributed by atoms with Gasteiger partial charge in [-0.1, -0.05) is 24.3 Å². The fourth-order valence-electron chi connectivity index (χ4n) is 3.32. The summed E-state index contributed by atoms with van der Waals surface area (Å²) in [6.45, 7) is -1.45. The van der Waals surface area contributed by atoms with Gasteiger partial charge in [0.25, 0.3) is 0 Å². The summed E-state index contributed by atoms with van der Waals surface area (Å²) >= 11 is -0.372. The Labute approximate surface area is 225 Å². The highest BCUT2D eigenvalue weighted by Crippen LogP contribution is 2.39. The van der Waals surface area contributed by atoms with Crippen LogP contribution in [0.2, 0.25) is 0 Å². The first-order valence-corrected chi connectivity index (χ1v) is 11.9. The number of halogens is 10. The van der Waals surface area contributed by atoms with Gasteiger partial charge in [0, 0.05) is 23.2 Å². The van der Waals surface area contributed by atoms with Crippen LogP contribution in [0.1, 0.15) is 5.56 Å². The van der Waals surface area contributed by atoms with E-state index in [0.29, 0.717) is 0 Å². The van der Waals surface area contributed by atoms with Crippen LogP contribution in [0.25, 0.3) is 0 Å². The van der Waals surface area contributed by atoms with Gasteiger partial charge < -0.3 is 19.5 Å². The quantitative estimate of drug-likeness (QED) is 0.177. The number of aliphatic hydroxyl groups is 1. The first kappa shape index (κ1) is 31.2. The maximum Gasteiger partial charge on any atom is 0.461 e. The number of hydrogen-bond donors (Lipinski definition) is 1. The van der Waals surface area contributed by atoms with Crippen molar-refractivity contribution in [3.05, 3.63) is 78.4 Å². The molecule has 0 saturated carbocycles. The van der Waals surface area contributed by atoms with Gasteiger partial charge in [0.2, 0.25) is 0 Å². The van der Waals surface area contributed by atoms with Crippen LogP contribution in [0.5, 0.6) is 17.2 Å². The number of rotatable bonds is 11. The Morgan fingerprint density at radius 3 is 2.00 bits per heavy atom. The molecule has 0 aromatic heterocycles. The molecule has 40 heavy (non-hydrogen) atoms. The summed E-state index contributed by atoms with van der Waals surface area (Å²) in [6.07, 6.45) is -16.8. The SMILES string of the molecule is O[C@H](CN(Cc1cccc(OC(F)(F)C(F)F)c1)c1cccc(Oc2cccc(SC(F)(F)F)c2)c1)C(F)(F)F. The minimum Gasteiger partial charge on any atom is -0.457 e. The van der Waals surface area contributed by atoms with E-state index in [2.05, 4.69) is 4.74 Å². The summed E-state index contributed by atoms with van der Waals surface area (Å²) in [6, 6.07) is 14.7. The summed E-state index contributed by atoms with van der Waals surface area (Å²) in [5.41, 5.74) is -4.43. The average molecular weight is 603 g/mol. The topological polar surface area (TPSA) is 41.9 Å². The van der Waals surface area contributed by atoms with Gasteiger partial charge in [0.05, 0.1) is 6.54 Å². The van der Waals surface area contributed by atoms with Gasteiger partial charge in [-0.15, -0.1) is 0 Å². The molecule has 3 aromatic carbocycles. The highest BCUT2D eigenvalue weighted by molar-refractivity contribution is 8.00. The molecule has 0 unspecified atom stereocenters. The minimum absolute atomic E-state index is 0.00177. The van der Waals surface area contributed by atoms with Crippen LogP contribution in [0.15, 0.2) is 77.7 Å². The smallest absolute Gasteiger partial charge is 0.457 e. The zero-order valence-corrected chi connectivity index (χ0v) is 20.7. The van der Waals surface area contributed by atoms with E-state index >= 15 is 0 Å². The van der Waals surface area contributed by atoms with Crippen LogP contribution < -0.4 is 14.4 Å². The molecule has 1 N–H and O–H groups in total. The van der Waals surface area contributed by atoms with E-state index in [1.54, 1.807) is 0 Å². The van der Waals surface area contributed by atoms with Gasteiger partial charge in [-0.2, -0.15) is 43.9 Å². The minimum atomic E-state index is -5.02. The van der Waals surface area contributed by atoms with Crippen molar-refractivity contribution in [3.63, 3.8) is 0 Å². The molecule has 0 bridgehead atoms. The number of anilines is 1. The van der Waals surface area contributed by atoms with Gasteiger partial charge in [-0.05, 0) is 59.8 Å². The van der Waals surface area contributed by atoms with E-state index in [9.17, 15) is 49.0 Å². The van der Waals surface area contributed by atoms with E-state index in [0.717, 1.165) is 29.2 Å². The molecular weight excluding hydrogens is 584 g/mol. The third-order valence-electron chi connectivity index (χ3n) is 5.01. The van der Waals surface area contributed by atoms with Crippen molar-refractivity contribution in [2.45, 2.75) is 41.8 Å². The van der Waals surface area contributed by atoms with Crippen molar-refractivity contribution in [1.82, 2.24) is 0 Å². The predicted molar refractivity (Wildman–Crippen MR) is 126 cm³/mol. The van der Waals surface area contributed by atoms with Crippen LogP contribution in [0.4, 0.5) is 49.6 Å². The molecule has 3 aromatic rings. The predicted octanol–water partition coefficient (Wildman–Crippen LogP) is 8.26. The van der Waals surface area contributed by atoms with Crippen molar-refractivity contribution < 1.29 is 58.5 Å². The lowest BCUT2D eigenvalue weighted by atomic mass is 10.1. The summed E-state index contributed by atoms with van der Waals surface area (Å²) in [5.74, 6) is -0.655. The number of ether oxygens (including phenoxy) is 2. The Morgan fingerprint density at radius 2 is 1.38 bits per heavy atom. The largest absolute Gasteiger partial charge is 0.461 e. The van der Waals surface area contributed by atoms with E-state index in [-0.39, 0.29) is 39.4 Å². The number of hydrogen-bond acceptors (Lipinski definition) is 5. The van der Waals surface area contributed by atoms with Crippen molar-refractivity contribution in [2.24, 2.45) is 0 Å². The van der Waals surface area contributed by atoms with E-state index in [1.165, 1.54) is 48.5 Å². The molecule has 0 aliphatic heterocycles. The third kappa shape index (κ3) is 9.40. The maximum atomic E-state index is 13.3. The van der Waals surface area contributed by atoms with Gasteiger partial charge in [-0.3, -0.25) is 0 Å². The van der Waals surface area contributed by atoms with E-state index in [1.807, 2.05) is 0 Å². The molecule has 0 amide bonds. The summed E-state index contributed by atoms with van der Waals surface area (Å²) in [5, 5.41) is 9.69. The molecule has 0 aliphatic carbocycles. The first-order valence-electron chi connectivity index (χ1n) is 11.1. The van der Waals surface area contributed by atoms with E-state index in [4.69, 9.17) is 4.74 Å². The molecule has 0 aliphatic rings. The number of nitrogens with zero attached hydrogens (tertiary/aromatic N) is 1. The molecule has 0 saturated heterocycles. The van der Waals surface area contributed by atoms with Crippen LogP contribution in [0, 0.1) is 0 Å². The lowest BCUT2D eigenvalue weighted by Crippen LogP contribution is -2.40.